The normalized spacial score (nSPS) is 10.6. The summed E-state index contributed by atoms with van der Waals surface area (Å²) in [7, 11) is 0. The Morgan fingerprint density at radius 3 is 3.00 bits per heavy atom. The lowest BCUT2D eigenvalue weighted by molar-refractivity contribution is -0.107. The smallest absolute Gasteiger partial charge is 0.134 e. The molecule has 0 aliphatic carbocycles. The number of carbonyl (C=O) groups excluding carboxylic acids is 1. The van der Waals surface area contributed by atoms with E-state index in [1.165, 1.54) is 0 Å². The van der Waals surface area contributed by atoms with Gasteiger partial charge in [0, 0.05) is 16.8 Å². The predicted octanol–water partition coefficient (Wildman–Crippen LogP) is 3.22. The van der Waals surface area contributed by atoms with Gasteiger partial charge in [-0.15, -0.1) is 0 Å². The average molecular weight is 209 g/mol. The van der Waals surface area contributed by atoms with Crippen LogP contribution in [0, 0.1) is 0 Å². The van der Waals surface area contributed by atoms with E-state index in [4.69, 9.17) is 16.0 Å². The Morgan fingerprint density at radius 2 is 2.21 bits per heavy atom. The highest BCUT2D eigenvalue weighted by molar-refractivity contribution is 6.32. The first-order chi connectivity index (χ1) is 6.83. The Hall–Kier alpha value is -1.28. The van der Waals surface area contributed by atoms with Crippen LogP contribution in [0.5, 0.6) is 0 Å². The first-order valence-corrected chi connectivity index (χ1v) is 4.79. The minimum Gasteiger partial charge on any atom is -0.464 e. The zero-order chi connectivity index (χ0) is 9.97. The first kappa shape index (κ1) is 9.28. The van der Waals surface area contributed by atoms with E-state index in [1.54, 1.807) is 12.3 Å². The molecule has 0 spiro atoms. The number of benzene rings is 1. The Morgan fingerprint density at radius 1 is 1.36 bits per heavy atom. The zero-order valence-electron chi connectivity index (χ0n) is 7.50. The summed E-state index contributed by atoms with van der Waals surface area (Å²) in [6.07, 6.45) is 3.68. The molecule has 0 bridgehead atoms. The molecule has 2 nitrogen and oxygen atoms in total. The third-order valence-corrected chi connectivity index (χ3v) is 2.56. The lowest BCUT2D eigenvalue weighted by Crippen LogP contribution is -1.88. The molecular formula is C11H9ClO2. The molecule has 14 heavy (non-hydrogen) atoms. The maximum Gasteiger partial charge on any atom is 0.134 e. The van der Waals surface area contributed by atoms with Gasteiger partial charge in [-0.1, -0.05) is 11.6 Å². The molecule has 0 saturated carbocycles. The van der Waals surface area contributed by atoms with E-state index < -0.39 is 0 Å². The number of halogens is 1. The van der Waals surface area contributed by atoms with Crippen LogP contribution >= 0.6 is 11.6 Å². The van der Waals surface area contributed by atoms with Crippen molar-refractivity contribution in [1.82, 2.24) is 0 Å². The van der Waals surface area contributed by atoms with Crippen LogP contribution in [0.25, 0.3) is 11.0 Å². The van der Waals surface area contributed by atoms with Gasteiger partial charge in [-0.05, 0) is 30.2 Å². The van der Waals surface area contributed by atoms with Crippen LogP contribution in [0.3, 0.4) is 0 Å². The number of aryl methyl sites for hydroxylation is 1. The summed E-state index contributed by atoms with van der Waals surface area (Å²) in [6.45, 7) is 0. The summed E-state index contributed by atoms with van der Waals surface area (Å²) < 4.78 is 5.25. The van der Waals surface area contributed by atoms with Crippen molar-refractivity contribution in [3.8, 4) is 0 Å². The average Bonchev–Trinajstić information content (AvgIpc) is 2.64. The molecule has 3 heteroatoms. The fraction of sp³-hybridized carbons (Fsp3) is 0.182. The summed E-state index contributed by atoms with van der Waals surface area (Å²) >= 11 is 6.04. The summed E-state index contributed by atoms with van der Waals surface area (Å²) in [5.41, 5.74) is 1.81. The predicted molar refractivity (Wildman–Crippen MR) is 55.6 cm³/mol. The second kappa shape index (κ2) is 3.84. The van der Waals surface area contributed by atoms with Crippen LogP contribution in [0.1, 0.15) is 12.0 Å². The van der Waals surface area contributed by atoms with Crippen LogP contribution in [0.15, 0.2) is 28.9 Å². The van der Waals surface area contributed by atoms with Gasteiger partial charge in [-0.3, -0.25) is 0 Å². The van der Waals surface area contributed by atoms with Gasteiger partial charge in [0.05, 0.1) is 6.26 Å². The number of rotatable bonds is 3. The number of fused-ring (bicyclic) bond motifs is 1. The van der Waals surface area contributed by atoms with Gasteiger partial charge in [0.25, 0.3) is 0 Å². The first-order valence-electron chi connectivity index (χ1n) is 4.41. The summed E-state index contributed by atoms with van der Waals surface area (Å²) in [4.78, 5) is 10.3. The van der Waals surface area contributed by atoms with Gasteiger partial charge >= 0.3 is 0 Å². The second-order valence-electron chi connectivity index (χ2n) is 3.06. The molecule has 0 N–H and O–H groups in total. The number of aldehydes is 1. The Bertz CT molecular complexity index is 459. The van der Waals surface area contributed by atoms with E-state index in [2.05, 4.69) is 0 Å². The van der Waals surface area contributed by atoms with E-state index in [1.807, 2.05) is 12.1 Å². The van der Waals surface area contributed by atoms with E-state index in [0.29, 0.717) is 17.9 Å². The van der Waals surface area contributed by atoms with Crippen LogP contribution in [0.4, 0.5) is 0 Å². The van der Waals surface area contributed by atoms with Gasteiger partial charge in [-0.25, -0.2) is 0 Å². The van der Waals surface area contributed by atoms with Crippen LogP contribution in [0.2, 0.25) is 5.02 Å². The molecule has 1 heterocycles. The van der Waals surface area contributed by atoms with Gasteiger partial charge < -0.3 is 9.21 Å². The van der Waals surface area contributed by atoms with Crippen molar-refractivity contribution < 1.29 is 9.21 Å². The highest BCUT2D eigenvalue weighted by atomic mass is 35.5. The lowest BCUT2D eigenvalue weighted by atomic mass is 10.1. The quantitative estimate of drug-likeness (QED) is 0.725. The second-order valence-corrected chi connectivity index (χ2v) is 3.47. The largest absolute Gasteiger partial charge is 0.464 e. The van der Waals surface area contributed by atoms with Crippen LogP contribution in [-0.2, 0) is 11.2 Å². The van der Waals surface area contributed by atoms with Gasteiger partial charge in [0.1, 0.15) is 11.9 Å². The topological polar surface area (TPSA) is 30.2 Å². The minimum atomic E-state index is 0.490. The lowest BCUT2D eigenvalue weighted by Gasteiger charge is -2.02. The monoisotopic (exact) mass is 208 g/mol. The van der Waals surface area contributed by atoms with E-state index in [-0.39, 0.29) is 0 Å². The van der Waals surface area contributed by atoms with E-state index in [0.717, 1.165) is 22.8 Å². The van der Waals surface area contributed by atoms with Crippen molar-refractivity contribution in [2.75, 3.05) is 0 Å². The zero-order valence-corrected chi connectivity index (χ0v) is 8.25. The highest BCUT2D eigenvalue weighted by Gasteiger charge is 2.07. The van der Waals surface area contributed by atoms with Crippen molar-refractivity contribution in [2.45, 2.75) is 12.8 Å². The maximum atomic E-state index is 10.3. The van der Waals surface area contributed by atoms with Gasteiger partial charge in [0.2, 0.25) is 0 Å². The number of hydrogen-bond donors (Lipinski definition) is 0. The van der Waals surface area contributed by atoms with Gasteiger partial charge in [0.15, 0.2) is 0 Å². The van der Waals surface area contributed by atoms with Crippen LogP contribution in [-0.4, -0.2) is 6.29 Å². The Balaban J connectivity index is 2.52. The molecule has 0 aliphatic heterocycles. The van der Waals surface area contributed by atoms with Crippen molar-refractivity contribution in [1.29, 1.82) is 0 Å². The molecule has 72 valence electrons. The van der Waals surface area contributed by atoms with Crippen LogP contribution < -0.4 is 0 Å². The van der Waals surface area contributed by atoms with Crippen molar-refractivity contribution in [2.24, 2.45) is 0 Å². The molecule has 2 aromatic rings. The standard InChI is InChI=1S/C11H9ClO2/c12-10-3-4-11-9(5-7-14-11)8(10)2-1-6-13/h3-7H,1-2H2. The molecule has 1 aromatic heterocycles. The molecular weight excluding hydrogens is 200 g/mol. The fourth-order valence-corrected chi connectivity index (χ4v) is 1.79. The molecule has 0 aliphatic rings. The summed E-state index contributed by atoms with van der Waals surface area (Å²) in [5, 5.41) is 1.69. The molecule has 0 amide bonds. The summed E-state index contributed by atoms with van der Waals surface area (Å²) in [6, 6.07) is 5.51. The molecule has 2 rings (SSSR count). The molecule has 1 aromatic carbocycles. The molecule has 0 unspecified atom stereocenters. The minimum absolute atomic E-state index is 0.490. The molecule has 0 radical (unpaired) electrons. The van der Waals surface area contributed by atoms with E-state index >= 15 is 0 Å². The third-order valence-electron chi connectivity index (χ3n) is 2.20. The Kier molecular flexibility index (Phi) is 2.55. The van der Waals surface area contributed by atoms with Crippen molar-refractivity contribution >= 4 is 28.9 Å². The SMILES string of the molecule is O=CCCc1c(Cl)ccc2occc12. The van der Waals surface area contributed by atoms with E-state index in [9.17, 15) is 4.79 Å². The summed E-state index contributed by atoms with van der Waals surface area (Å²) in [5.74, 6) is 0. The molecule has 0 fully saturated rings. The third kappa shape index (κ3) is 1.53. The van der Waals surface area contributed by atoms with Crippen molar-refractivity contribution in [3.63, 3.8) is 0 Å². The molecule has 0 saturated heterocycles. The van der Waals surface area contributed by atoms with Crippen molar-refractivity contribution in [3.05, 3.63) is 35.0 Å². The highest BCUT2D eigenvalue weighted by Crippen LogP contribution is 2.27. The van der Waals surface area contributed by atoms with Gasteiger partial charge in [-0.2, -0.15) is 0 Å². The number of furan rings is 1. The number of carbonyl (C=O) groups is 1. The number of hydrogen-bond acceptors (Lipinski definition) is 2. The fourth-order valence-electron chi connectivity index (χ4n) is 1.53. The molecule has 0 atom stereocenters. The maximum absolute atomic E-state index is 10.3. The Labute approximate surface area is 86.5 Å².